The van der Waals surface area contributed by atoms with E-state index in [0.717, 1.165) is 23.8 Å². The van der Waals surface area contributed by atoms with Crippen LogP contribution in [-0.2, 0) is 0 Å². The van der Waals surface area contributed by atoms with Crippen LogP contribution >= 0.6 is 0 Å². The number of hydrogen-bond acceptors (Lipinski definition) is 2. The molecule has 2 heteroatoms. The SMILES string of the molecule is CCC(C)C[C@@H](CC(C)c1ccc(OC)cc1)c1ccc(OC)cc1. The van der Waals surface area contributed by atoms with Crippen molar-refractivity contribution in [3.05, 3.63) is 59.7 Å². The predicted octanol–water partition coefficient (Wildman–Crippen LogP) is 6.42. The van der Waals surface area contributed by atoms with Crippen LogP contribution in [0.15, 0.2) is 48.5 Å². The fourth-order valence-electron chi connectivity index (χ4n) is 3.39. The van der Waals surface area contributed by atoms with Gasteiger partial charge in [0.05, 0.1) is 14.2 Å². The van der Waals surface area contributed by atoms with Crippen LogP contribution in [0, 0.1) is 5.92 Å². The van der Waals surface area contributed by atoms with Crippen molar-refractivity contribution < 1.29 is 9.47 Å². The van der Waals surface area contributed by atoms with Gasteiger partial charge in [-0.25, -0.2) is 0 Å². The van der Waals surface area contributed by atoms with Crippen molar-refractivity contribution in [2.45, 2.75) is 51.9 Å². The molecule has 0 saturated carbocycles. The van der Waals surface area contributed by atoms with Crippen molar-refractivity contribution in [2.75, 3.05) is 14.2 Å². The number of benzene rings is 2. The van der Waals surface area contributed by atoms with Gasteiger partial charge in [-0.05, 0) is 66.0 Å². The van der Waals surface area contributed by atoms with Crippen LogP contribution in [0.1, 0.15) is 63.0 Å². The van der Waals surface area contributed by atoms with Crippen LogP contribution in [0.2, 0.25) is 0 Å². The molecule has 2 aromatic carbocycles. The molecule has 0 amide bonds. The molecule has 0 aromatic heterocycles. The average Bonchev–Trinajstić information content (AvgIpc) is 2.67. The Hall–Kier alpha value is -1.96. The quantitative estimate of drug-likeness (QED) is 0.524. The van der Waals surface area contributed by atoms with Gasteiger partial charge in [0.1, 0.15) is 11.5 Å². The summed E-state index contributed by atoms with van der Waals surface area (Å²) in [5.41, 5.74) is 2.80. The summed E-state index contributed by atoms with van der Waals surface area (Å²) in [6, 6.07) is 17.1. The van der Waals surface area contributed by atoms with E-state index >= 15 is 0 Å². The topological polar surface area (TPSA) is 18.5 Å². The van der Waals surface area contributed by atoms with E-state index in [-0.39, 0.29) is 0 Å². The second kappa shape index (κ2) is 9.50. The molecular weight excluding hydrogens is 308 g/mol. The fraction of sp³-hybridized carbons (Fsp3) is 0.478. The summed E-state index contributed by atoms with van der Waals surface area (Å²) in [5, 5.41) is 0. The van der Waals surface area contributed by atoms with Crippen molar-refractivity contribution in [1.82, 2.24) is 0 Å². The van der Waals surface area contributed by atoms with Gasteiger partial charge in [0.25, 0.3) is 0 Å². The van der Waals surface area contributed by atoms with Crippen LogP contribution in [0.3, 0.4) is 0 Å². The molecule has 25 heavy (non-hydrogen) atoms. The van der Waals surface area contributed by atoms with Crippen LogP contribution in [-0.4, -0.2) is 14.2 Å². The van der Waals surface area contributed by atoms with Gasteiger partial charge in [-0.2, -0.15) is 0 Å². The third-order valence-corrected chi connectivity index (χ3v) is 5.29. The molecule has 0 radical (unpaired) electrons. The smallest absolute Gasteiger partial charge is 0.118 e. The van der Waals surface area contributed by atoms with Crippen molar-refractivity contribution in [3.63, 3.8) is 0 Å². The lowest BCUT2D eigenvalue weighted by Gasteiger charge is -2.25. The van der Waals surface area contributed by atoms with Crippen LogP contribution in [0.5, 0.6) is 11.5 Å². The summed E-state index contributed by atoms with van der Waals surface area (Å²) in [6.07, 6.45) is 3.61. The third kappa shape index (κ3) is 5.52. The van der Waals surface area contributed by atoms with Crippen molar-refractivity contribution in [1.29, 1.82) is 0 Å². The molecule has 3 atom stereocenters. The van der Waals surface area contributed by atoms with E-state index in [1.165, 1.54) is 24.0 Å². The zero-order valence-corrected chi connectivity index (χ0v) is 16.3. The molecule has 2 rings (SSSR count). The van der Waals surface area contributed by atoms with Gasteiger partial charge in [-0.1, -0.05) is 51.5 Å². The van der Waals surface area contributed by atoms with Gasteiger partial charge in [-0.15, -0.1) is 0 Å². The highest BCUT2D eigenvalue weighted by molar-refractivity contribution is 5.32. The van der Waals surface area contributed by atoms with Gasteiger partial charge in [0.2, 0.25) is 0 Å². The molecule has 0 spiro atoms. The minimum Gasteiger partial charge on any atom is -0.497 e. The molecule has 0 bridgehead atoms. The summed E-state index contributed by atoms with van der Waals surface area (Å²) >= 11 is 0. The summed E-state index contributed by atoms with van der Waals surface area (Å²) in [5.74, 6) is 3.66. The first-order chi connectivity index (χ1) is 12.1. The maximum absolute atomic E-state index is 5.31. The summed E-state index contributed by atoms with van der Waals surface area (Å²) in [4.78, 5) is 0. The zero-order chi connectivity index (χ0) is 18.2. The Morgan fingerprint density at radius 2 is 1.20 bits per heavy atom. The highest BCUT2D eigenvalue weighted by Crippen LogP contribution is 2.35. The first kappa shape index (κ1) is 19.4. The summed E-state index contributed by atoms with van der Waals surface area (Å²) in [7, 11) is 3.43. The van der Waals surface area contributed by atoms with E-state index in [1.807, 2.05) is 0 Å². The Balaban J connectivity index is 2.15. The molecule has 0 saturated heterocycles. The van der Waals surface area contributed by atoms with E-state index in [9.17, 15) is 0 Å². The number of hydrogen-bond donors (Lipinski definition) is 0. The average molecular weight is 341 g/mol. The Morgan fingerprint density at radius 1 is 0.720 bits per heavy atom. The number of rotatable bonds is 9. The molecule has 2 aromatic rings. The lowest BCUT2D eigenvalue weighted by molar-refractivity contribution is 0.409. The van der Waals surface area contributed by atoms with Gasteiger partial charge in [0.15, 0.2) is 0 Å². The molecule has 0 aliphatic rings. The molecule has 2 unspecified atom stereocenters. The van der Waals surface area contributed by atoms with Crippen molar-refractivity contribution in [3.8, 4) is 11.5 Å². The lowest BCUT2D eigenvalue weighted by atomic mass is 9.81. The fourth-order valence-corrected chi connectivity index (χ4v) is 3.39. The highest BCUT2D eigenvalue weighted by atomic mass is 16.5. The normalized spacial score (nSPS) is 14.6. The van der Waals surface area contributed by atoms with Gasteiger partial charge >= 0.3 is 0 Å². The van der Waals surface area contributed by atoms with Gasteiger partial charge < -0.3 is 9.47 Å². The van der Waals surface area contributed by atoms with E-state index in [1.54, 1.807) is 14.2 Å². The Morgan fingerprint density at radius 3 is 1.64 bits per heavy atom. The number of methoxy groups -OCH3 is 2. The van der Waals surface area contributed by atoms with Crippen LogP contribution < -0.4 is 9.47 Å². The Bertz CT molecular complexity index is 616. The molecule has 0 N–H and O–H groups in total. The van der Waals surface area contributed by atoms with E-state index < -0.39 is 0 Å². The van der Waals surface area contributed by atoms with Crippen LogP contribution in [0.25, 0.3) is 0 Å². The molecule has 136 valence electrons. The minimum atomic E-state index is 0.516. The van der Waals surface area contributed by atoms with Crippen molar-refractivity contribution in [2.24, 2.45) is 5.92 Å². The van der Waals surface area contributed by atoms with Gasteiger partial charge in [0, 0.05) is 0 Å². The first-order valence-corrected chi connectivity index (χ1v) is 9.35. The van der Waals surface area contributed by atoms with Gasteiger partial charge in [-0.3, -0.25) is 0 Å². The Kier molecular flexibility index (Phi) is 7.36. The van der Waals surface area contributed by atoms with E-state index in [4.69, 9.17) is 9.47 Å². The highest BCUT2D eigenvalue weighted by Gasteiger charge is 2.19. The summed E-state index contributed by atoms with van der Waals surface area (Å²) in [6.45, 7) is 6.96. The third-order valence-electron chi connectivity index (χ3n) is 5.29. The van der Waals surface area contributed by atoms with E-state index in [0.29, 0.717) is 11.8 Å². The lowest BCUT2D eigenvalue weighted by Crippen LogP contribution is -2.09. The standard InChI is InChI=1S/C23H32O2/c1-6-17(2)15-21(20-9-13-23(25-5)14-10-20)16-18(3)19-7-11-22(24-4)12-8-19/h7-14,17-18,21H,6,15-16H2,1-5H3/t17?,18?,21-/m0/s1. The maximum Gasteiger partial charge on any atom is 0.118 e. The minimum absolute atomic E-state index is 0.516. The molecule has 0 fully saturated rings. The zero-order valence-electron chi connectivity index (χ0n) is 16.3. The Labute approximate surface area is 153 Å². The molecule has 0 aliphatic heterocycles. The second-order valence-electron chi connectivity index (χ2n) is 7.13. The van der Waals surface area contributed by atoms with Crippen LogP contribution in [0.4, 0.5) is 0 Å². The molecule has 0 heterocycles. The molecule has 2 nitrogen and oxygen atoms in total. The number of ether oxygens (including phenoxy) is 2. The molecule has 0 aliphatic carbocycles. The monoisotopic (exact) mass is 340 g/mol. The summed E-state index contributed by atoms with van der Waals surface area (Å²) < 4.78 is 10.6. The maximum atomic E-state index is 5.31. The molecular formula is C23H32O2. The first-order valence-electron chi connectivity index (χ1n) is 9.35. The second-order valence-corrected chi connectivity index (χ2v) is 7.13. The predicted molar refractivity (Wildman–Crippen MR) is 106 cm³/mol. The van der Waals surface area contributed by atoms with E-state index in [2.05, 4.69) is 69.3 Å². The largest absolute Gasteiger partial charge is 0.497 e. The van der Waals surface area contributed by atoms with Crippen molar-refractivity contribution >= 4 is 0 Å².